The lowest BCUT2D eigenvalue weighted by molar-refractivity contribution is 0.0921. The fourth-order valence-corrected chi connectivity index (χ4v) is 1.15. The Bertz CT molecular complexity index is 237. The molecule has 0 saturated heterocycles. The van der Waals surface area contributed by atoms with Crippen molar-refractivity contribution in [2.24, 2.45) is 0 Å². The third-order valence-electron chi connectivity index (χ3n) is 1.54. The van der Waals surface area contributed by atoms with Crippen molar-refractivity contribution in [2.75, 3.05) is 6.54 Å². The Balaban J connectivity index is 2.68. The van der Waals surface area contributed by atoms with Gasteiger partial charge in [-0.05, 0) is 17.7 Å². The van der Waals surface area contributed by atoms with Crippen LogP contribution in [0.4, 0.5) is 0 Å². The lowest BCUT2D eigenvalue weighted by Gasteiger charge is -2.08. The highest BCUT2D eigenvalue weighted by Crippen LogP contribution is 2.15. The van der Waals surface area contributed by atoms with Crippen LogP contribution >= 0.6 is 15.9 Å². The molecule has 0 bridgehead atoms. The van der Waals surface area contributed by atoms with E-state index in [1.165, 1.54) is 0 Å². The van der Waals surface area contributed by atoms with E-state index in [0.29, 0.717) is 0 Å². The van der Waals surface area contributed by atoms with E-state index in [9.17, 15) is 5.11 Å². The SMILES string of the molecule is ONCC(O)c1ccc(Br)cc1. The Morgan fingerprint density at radius 1 is 1.33 bits per heavy atom. The van der Waals surface area contributed by atoms with Crippen LogP contribution < -0.4 is 5.48 Å². The quantitative estimate of drug-likeness (QED) is 0.691. The van der Waals surface area contributed by atoms with Crippen LogP contribution in [0.5, 0.6) is 0 Å². The second kappa shape index (κ2) is 4.57. The van der Waals surface area contributed by atoms with Gasteiger partial charge in [0.25, 0.3) is 0 Å². The molecule has 4 heteroatoms. The molecule has 3 nitrogen and oxygen atoms in total. The van der Waals surface area contributed by atoms with Crippen molar-refractivity contribution in [3.8, 4) is 0 Å². The van der Waals surface area contributed by atoms with Crippen LogP contribution in [0.3, 0.4) is 0 Å². The maximum absolute atomic E-state index is 9.37. The molecule has 66 valence electrons. The van der Waals surface area contributed by atoms with Gasteiger partial charge in [-0.3, -0.25) is 0 Å². The molecule has 0 radical (unpaired) electrons. The number of hydroxylamine groups is 1. The maximum atomic E-state index is 9.37. The van der Waals surface area contributed by atoms with Gasteiger partial charge >= 0.3 is 0 Å². The largest absolute Gasteiger partial charge is 0.387 e. The normalized spacial score (nSPS) is 12.9. The highest BCUT2D eigenvalue weighted by Gasteiger charge is 2.04. The summed E-state index contributed by atoms with van der Waals surface area (Å²) < 4.78 is 0.968. The lowest BCUT2D eigenvalue weighted by atomic mass is 10.1. The van der Waals surface area contributed by atoms with Crippen molar-refractivity contribution < 1.29 is 10.3 Å². The summed E-state index contributed by atoms with van der Waals surface area (Å²) >= 11 is 3.29. The van der Waals surface area contributed by atoms with E-state index in [0.717, 1.165) is 10.0 Å². The van der Waals surface area contributed by atoms with E-state index < -0.39 is 6.10 Å². The van der Waals surface area contributed by atoms with E-state index in [-0.39, 0.29) is 6.54 Å². The average molecular weight is 232 g/mol. The molecule has 0 fully saturated rings. The van der Waals surface area contributed by atoms with Gasteiger partial charge in [-0.15, -0.1) is 0 Å². The minimum atomic E-state index is -0.664. The van der Waals surface area contributed by atoms with Crippen molar-refractivity contribution in [1.29, 1.82) is 0 Å². The molecule has 1 unspecified atom stereocenters. The van der Waals surface area contributed by atoms with Crippen LogP contribution in [0.1, 0.15) is 11.7 Å². The fraction of sp³-hybridized carbons (Fsp3) is 0.250. The Labute approximate surface area is 79.1 Å². The first kappa shape index (κ1) is 9.67. The van der Waals surface area contributed by atoms with Gasteiger partial charge in [0.1, 0.15) is 0 Å². The number of hydrogen-bond acceptors (Lipinski definition) is 3. The molecule has 0 amide bonds. The molecule has 1 atom stereocenters. The van der Waals surface area contributed by atoms with E-state index in [2.05, 4.69) is 15.9 Å². The Hall–Kier alpha value is -0.420. The number of aliphatic hydroxyl groups is 1. The summed E-state index contributed by atoms with van der Waals surface area (Å²) in [5.41, 5.74) is 2.70. The first-order valence-electron chi connectivity index (χ1n) is 3.54. The molecular weight excluding hydrogens is 222 g/mol. The summed E-state index contributed by atoms with van der Waals surface area (Å²) in [6.07, 6.45) is -0.664. The fourth-order valence-electron chi connectivity index (χ4n) is 0.889. The zero-order valence-corrected chi connectivity index (χ0v) is 7.95. The third-order valence-corrected chi connectivity index (χ3v) is 2.07. The summed E-state index contributed by atoms with van der Waals surface area (Å²) in [4.78, 5) is 0. The summed E-state index contributed by atoms with van der Waals surface area (Å²) in [6.45, 7) is 0.141. The molecular formula is C8H10BrNO2. The predicted molar refractivity (Wildman–Crippen MR) is 48.9 cm³/mol. The second-order valence-electron chi connectivity index (χ2n) is 2.43. The third kappa shape index (κ3) is 2.57. The monoisotopic (exact) mass is 231 g/mol. The molecule has 3 N–H and O–H groups in total. The lowest BCUT2D eigenvalue weighted by Crippen LogP contribution is -2.17. The topological polar surface area (TPSA) is 52.5 Å². The first-order valence-corrected chi connectivity index (χ1v) is 4.34. The maximum Gasteiger partial charge on any atom is 0.0937 e. The van der Waals surface area contributed by atoms with Gasteiger partial charge in [0.05, 0.1) is 12.6 Å². The number of aliphatic hydroxyl groups excluding tert-OH is 1. The highest BCUT2D eigenvalue weighted by molar-refractivity contribution is 9.10. The summed E-state index contributed by atoms with van der Waals surface area (Å²) in [6, 6.07) is 7.28. The molecule has 0 aromatic heterocycles. The highest BCUT2D eigenvalue weighted by atomic mass is 79.9. The Morgan fingerprint density at radius 3 is 2.42 bits per heavy atom. The van der Waals surface area contributed by atoms with E-state index in [1.54, 1.807) is 12.1 Å². The van der Waals surface area contributed by atoms with Crippen molar-refractivity contribution in [3.05, 3.63) is 34.3 Å². The van der Waals surface area contributed by atoms with E-state index >= 15 is 0 Å². The number of nitrogens with one attached hydrogen (secondary N) is 1. The molecule has 0 spiro atoms. The molecule has 0 heterocycles. The standard InChI is InChI=1S/C8H10BrNO2/c9-7-3-1-6(2-4-7)8(11)5-10-12/h1-4,8,10-12H,5H2. The van der Waals surface area contributed by atoms with Gasteiger partial charge in [-0.25, -0.2) is 5.48 Å². The first-order chi connectivity index (χ1) is 5.74. The molecule has 0 aliphatic heterocycles. The number of hydrogen-bond donors (Lipinski definition) is 3. The molecule has 1 aromatic rings. The zero-order chi connectivity index (χ0) is 8.97. The molecule has 12 heavy (non-hydrogen) atoms. The van der Waals surface area contributed by atoms with Gasteiger partial charge in [0.2, 0.25) is 0 Å². The van der Waals surface area contributed by atoms with Gasteiger partial charge in [0.15, 0.2) is 0 Å². The summed E-state index contributed by atoms with van der Waals surface area (Å²) in [5, 5.41) is 17.7. The molecule has 0 aliphatic carbocycles. The van der Waals surface area contributed by atoms with Crippen LogP contribution in [-0.4, -0.2) is 16.9 Å². The van der Waals surface area contributed by atoms with Gasteiger partial charge in [-0.1, -0.05) is 28.1 Å². The molecule has 1 rings (SSSR count). The zero-order valence-electron chi connectivity index (χ0n) is 6.37. The molecule has 0 saturated carbocycles. The minimum Gasteiger partial charge on any atom is -0.387 e. The number of benzene rings is 1. The van der Waals surface area contributed by atoms with Crippen molar-refractivity contribution in [2.45, 2.75) is 6.10 Å². The number of rotatable bonds is 3. The Morgan fingerprint density at radius 2 is 1.92 bits per heavy atom. The van der Waals surface area contributed by atoms with E-state index in [1.807, 2.05) is 17.6 Å². The molecule has 0 aliphatic rings. The van der Waals surface area contributed by atoms with E-state index in [4.69, 9.17) is 5.21 Å². The number of halogens is 1. The van der Waals surface area contributed by atoms with Gasteiger partial charge in [0, 0.05) is 4.47 Å². The minimum absolute atomic E-state index is 0.141. The van der Waals surface area contributed by atoms with Crippen molar-refractivity contribution in [3.63, 3.8) is 0 Å². The van der Waals surface area contributed by atoms with Gasteiger partial charge < -0.3 is 10.3 Å². The smallest absolute Gasteiger partial charge is 0.0937 e. The Kier molecular flexibility index (Phi) is 3.68. The second-order valence-corrected chi connectivity index (χ2v) is 3.35. The van der Waals surface area contributed by atoms with Crippen LogP contribution in [-0.2, 0) is 0 Å². The molecule has 1 aromatic carbocycles. The van der Waals surface area contributed by atoms with Crippen LogP contribution in [0.25, 0.3) is 0 Å². The summed E-state index contributed by atoms with van der Waals surface area (Å²) in [7, 11) is 0. The average Bonchev–Trinajstić information content (AvgIpc) is 2.06. The predicted octanol–water partition coefficient (Wildman–Crippen LogP) is 1.46. The summed E-state index contributed by atoms with van der Waals surface area (Å²) in [5.74, 6) is 0. The van der Waals surface area contributed by atoms with Crippen LogP contribution in [0.15, 0.2) is 28.7 Å². The van der Waals surface area contributed by atoms with Crippen molar-refractivity contribution >= 4 is 15.9 Å². The van der Waals surface area contributed by atoms with Gasteiger partial charge in [-0.2, -0.15) is 0 Å². The van der Waals surface area contributed by atoms with Crippen LogP contribution in [0, 0.1) is 0 Å². The van der Waals surface area contributed by atoms with Crippen molar-refractivity contribution in [1.82, 2.24) is 5.48 Å². The van der Waals surface area contributed by atoms with Crippen LogP contribution in [0.2, 0.25) is 0 Å².